The Bertz CT molecular complexity index is 1820. The molecule has 0 saturated heterocycles. The summed E-state index contributed by atoms with van der Waals surface area (Å²) in [6.45, 7) is 22.7. The molecular weight excluding hydrogens is 767 g/mol. The van der Waals surface area contributed by atoms with Gasteiger partial charge in [-0.25, -0.2) is 0 Å². The number of benzene rings is 4. The van der Waals surface area contributed by atoms with E-state index < -0.39 is 0 Å². The van der Waals surface area contributed by atoms with E-state index in [0.29, 0.717) is 0 Å². The van der Waals surface area contributed by atoms with E-state index in [9.17, 15) is 0 Å². The molecule has 6 rings (SSSR count). The minimum absolute atomic E-state index is 0. The van der Waals surface area contributed by atoms with Gasteiger partial charge in [-0.3, -0.25) is 0 Å². The van der Waals surface area contributed by atoms with Crippen molar-refractivity contribution in [3.8, 4) is 22.3 Å². The van der Waals surface area contributed by atoms with Gasteiger partial charge in [0.15, 0.2) is 0 Å². The van der Waals surface area contributed by atoms with Crippen molar-refractivity contribution in [2.45, 2.75) is 118 Å². The van der Waals surface area contributed by atoms with Crippen LogP contribution < -0.4 is 24.8 Å². The number of halogens is 2. The summed E-state index contributed by atoms with van der Waals surface area (Å²) in [5.41, 5.74) is 11.7. The topological polar surface area (TPSA) is 0 Å². The smallest absolute Gasteiger partial charge is 1.00 e. The summed E-state index contributed by atoms with van der Waals surface area (Å²) in [5.74, 6) is 0. The van der Waals surface area contributed by atoms with E-state index in [-0.39, 0.29) is 41.1 Å². The predicted octanol–water partition coefficient (Wildman–Crippen LogP) is 8.52. The third kappa shape index (κ3) is 13.0. The zero-order chi connectivity index (χ0) is 36.5. The van der Waals surface area contributed by atoms with Crippen molar-refractivity contribution in [3.05, 3.63) is 131 Å². The fourth-order valence-electron chi connectivity index (χ4n) is 6.45. The summed E-state index contributed by atoms with van der Waals surface area (Å²) < 4.78 is 0. The Morgan fingerprint density at radius 2 is 0.865 bits per heavy atom. The van der Waals surface area contributed by atoms with Crippen molar-refractivity contribution < 1.29 is 48.1 Å². The van der Waals surface area contributed by atoms with Crippen LogP contribution in [0.4, 0.5) is 0 Å². The van der Waals surface area contributed by atoms with Crippen LogP contribution in [0.5, 0.6) is 0 Å². The minimum Gasteiger partial charge on any atom is -1.00 e. The monoisotopic (exact) mass is 824 g/mol. The Morgan fingerprint density at radius 3 is 1.15 bits per heavy atom. The van der Waals surface area contributed by atoms with Crippen LogP contribution in [-0.4, -0.2) is 5.43 Å². The summed E-state index contributed by atoms with van der Waals surface area (Å²) >= 11 is 1.74. The standard InChI is InChI=1S/2C23H27.C2H6Si.2ClH.Zr/c2*1-5-6-8-17-15-19-9-7-10-21(22(19)16-17)18-11-13-20(14-12-18)23(2,3)4;1-3-2;;;/h2*7,9-16H,5-6,8H2,1-4H3;1-2H3;2*1H;/q2*-1;;;;+2/p-2. The van der Waals surface area contributed by atoms with Crippen LogP contribution in [0.15, 0.2) is 109 Å². The fourth-order valence-corrected chi connectivity index (χ4v) is 6.45. The molecule has 0 amide bonds. The molecule has 0 aromatic heterocycles. The molecular formula is C48H60Cl2SiZr-2. The summed E-state index contributed by atoms with van der Waals surface area (Å²) in [5, 5.41) is 5.52. The number of rotatable bonds is 8. The van der Waals surface area contributed by atoms with Crippen LogP contribution in [0.1, 0.15) is 103 Å². The Balaban J connectivity index is 0.000000316. The molecule has 4 heteroatoms. The molecule has 0 aliphatic rings. The van der Waals surface area contributed by atoms with Crippen molar-refractivity contribution in [3.63, 3.8) is 0 Å². The molecule has 0 atom stereocenters. The van der Waals surface area contributed by atoms with Crippen LogP contribution in [0.3, 0.4) is 0 Å². The first-order valence-electron chi connectivity index (χ1n) is 18.8. The van der Waals surface area contributed by atoms with Crippen LogP contribution in [-0.2, 0) is 47.0 Å². The molecule has 0 aliphatic carbocycles. The molecule has 0 radical (unpaired) electrons. The Morgan fingerprint density at radius 1 is 0.538 bits per heavy atom. The van der Waals surface area contributed by atoms with Gasteiger partial charge >= 0.3 is 41.9 Å². The number of hydrogen-bond donors (Lipinski definition) is 0. The molecule has 0 heterocycles. The normalized spacial score (nSPS) is 11.2. The average molecular weight is 827 g/mol. The van der Waals surface area contributed by atoms with Gasteiger partial charge in [-0.05, 0) is 45.9 Å². The van der Waals surface area contributed by atoms with Crippen LogP contribution in [0.25, 0.3) is 43.8 Å². The Hall–Kier alpha value is -2.22. The van der Waals surface area contributed by atoms with Crippen LogP contribution >= 0.6 is 0 Å². The van der Waals surface area contributed by atoms with Crippen molar-refractivity contribution in [2.75, 3.05) is 0 Å². The second-order valence-corrected chi connectivity index (χ2v) is 25.6. The van der Waals surface area contributed by atoms with Gasteiger partial charge in [-0.1, -0.05) is 153 Å². The molecule has 0 N–H and O–H groups in total. The van der Waals surface area contributed by atoms with Gasteiger partial charge in [0.25, 0.3) is 0 Å². The first-order valence-corrected chi connectivity index (χ1v) is 25.0. The Labute approximate surface area is 344 Å². The second-order valence-electron chi connectivity index (χ2n) is 16.2. The zero-order valence-electron chi connectivity index (χ0n) is 33.4. The number of aryl methyl sites for hydroxylation is 2. The molecule has 0 saturated carbocycles. The molecule has 0 nitrogen and oxygen atoms in total. The van der Waals surface area contributed by atoms with Crippen LogP contribution in [0.2, 0.25) is 13.1 Å². The first kappa shape index (κ1) is 45.9. The number of hydrogen-bond acceptors (Lipinski definition) is 0. The quantitative estimate of drug-likeness (QED) is 0.107. The molecule has 0 unspecified atom stereocenters. The maximum absolute atomic E-state index is 2.39. The molecule has 0 spiro atoms. The van der Waals surface area contributed by atoms with E-state index in [0.717, 1.165) is 0 Å². The molecule has 0 fully saturated rings. The maximum atomic E-state index is 2.39. The molecule has 0 aliphatic heterocycles. The van der Waals surface area contributed by atoms with Crippen molar-refractivity contribution in [1.82, 2.24) is 0 Å². The van der Waals surface area contributed by atoms with Gasteiger partial charge in [0.2, 0.25) is 0 Å². The zero-order valence-corrected chi connectivity index (χ0v) is 38.4. The molecule has 6 aromatic rings. The van der Waals surface area contributed by atoms with E-state index in [1.807, 2.05) is 0 Å². The van der Waals surface area contributed by atoms with E-state index in [4.69, 9.17) is 0 Å². The largest absolute Gasteiger partial charge is 1.00 e. The van der Waals surface area contributed by atoms with E-state index >= 15 is 0 Å². The second kappa shape index (κ2) is 21.0. The van der Waals surface area contributed by atoms with Crippen LogP contribution in [0, 0.1) is 0 Å². The third-order valence-corrected chi connectivity index (χ3v) is 9.38. The predicted molar refractivity (Wildman–Crippen MR) is 222 cm³/mol. The molecule has 0 bridgehead atoms. The van der Waals surface area contributed by atoms with Crippen molar-refractivity contribution in [1.29, 1.82) is 0 Å². The van der Waals surface area contributed by atoms with Crippen molar-refractivity contribution >= 4 is 27.0 Å². The number of unbranched alkanes of at least 4 members (excludes halogenated alkanes) is 2. The van der Waals surface area contributed by atoms with Crippen molar-refractivity contribution in [2.24, 2.45) is 0 Å². The summed E-state index contributed by atoms with van der Waals surface area (Å²) in [6, 6.07) is 41.0. The van der Waals surface area contributed by atoms with E-state index in [1.165, 1.54) is 105 Å². The molecule has 52 heavy (non-hydrogen) atoms. The van der Waals surface area contributed by atoms with Gasteiger partial charge in [0, 0.05) is 0 Å². The summed E-state index contributed by atoms with van der Waals surface area (Å²) in [7, 11) is 0. The Kier molecular flexibility index (Phi) is 18.6. The molecule has 6 aromatic carbocycles. The van der Waals surface area contributed by atoms with E-state index in [1.54, 1.807) is 23.3 Å². The fraction of sp³-hybridized carbons (Fsp3) is 0.375. The van der Waals surface area contributed by atoms with Gasteiger partial charge in [0.1, 0.15) is 0 Å². The maximum Gasteiger partial charge on any atom is -1.00 e. The van der Waals surface area contributed by atoms with Gasteiger partial charge in [0.05, 0.1) is 0 Å². The number of fused-ring (bicyclic) bond motifs is 2. The third-order valence-electron chi connectivity index (χ3n) is 9.38. The first-order chi connectivity index (χ1) is 23.7. The van der Waals surface area contributed by atoms with Gasteiger partial charge in [-0.15, -0.1) is 69.1 Å². The summed E-state index contributed by atoms with van der Waals surface area (Å²) in [4.78, 5) is 0. The SMILES string of the molecule is CCCCc1cc2c(-c3ccc(C(C)(C)C)cc3)cccc2[cH-]1.CCCCc1cc2c(-c3ccc(C(C)(C)C)cc3)cccc2[cH-]1.C[Si](C)=[Zr+2].[Cl-].[Cl-]. The minimum atomic E-state index is 0. The molecule has 276 valence electrons. The van der Waals surface area contributed by atoms with Gasteiger partial charge in [-0.2, -0.15) is 12.1 Å². The summed E-state index contributed by atoms with van der Waals surface area (Å²) in [6.07, 6.45) is 7.42. The van der Waals surface area contributed by atoms with E-state index in [2.05, 4.69) is 178 Å². The average Bonchev–Trinajstić information content (AvgIpc) is 3.69. The van der Waals surface area contributed by atoms with Gasteiger partial charge < -0.3 is 24.8 Å².